The molecule has 0 aliphatic carbocycles. The lowest BCUT2D eigenvalue weighted by molar-refractivity contribution is -0.206. The number of rotatable bonds is 9. The third-order valence-electron chi connectivity index (χ3n) is 4.38. The Morgan fingerprint density at radius 2 is 1.87 bits per heavy atom. The minimum atomic E-state index is -0.795. The third kappa shape index (κ3) is 6.23. The molecule has 0 spiro atoms. The summed E-state index contributed by atoms with van der Waals surface area (Å²) in [5, 5.41) is 0. The Hall–Kier alpha value is -0.930. The van der Waals surface area contributed by atoms with Crippen LogP contribution in [-0.4, -0.2) is 19.4 Å². The van der Waals surface area contributed by atoms with E-state index in [1.807, 2.05) is 37.6 Å². The maximum atomic E-state index is 13.6. The van der Waals surface area contributed by atoms with Gasteiger partial charge in [-0.05, 0) is 24.8 Å². The van der Waals surface area contributed by atoms with E-state index in [1.54, 1.807) is 0 Å². The zero-order valence-electron chi connectivity index (χ0n) is 14.5. The van der Waals surface area contributed by atoms with Gasteiger partial charge in [-0.3, -0.25) is 0 Å². The Morgan fingerprint density at radius 3 is 2.48 bits per heavy atom. The second kappa shape index (κ2) is 10.0. The molecular formula is C20H30FO2. The highest BCUT2D eigenvalue weighted by Gasteiger charge is 2.23. The second-order valence-corrected chi connectivity index (χ2v) is 6.55. The van der Waals surface area contributed by atoms with Crippen molar-refractivity contribution in [1.29, 1.82) is 0 Å². The van der Waals surface area contributed by atoms with Crippen molar-refractivity contribution >= 4 is 0 Å². The molecule has 1 aromatic rings. The van der Waals surface area contributed by atoms with Crippen molar-refractivity contribution in [3.05, 3.63) is 41.8 Å². The van der Waals surface area contributed by atoms with E-state index in [2.05, 4.69) is 6.92 Å². The van der Waals surface area contributed by atoms with Gasteiger partial charge in [0.15, 0.2) is 6.29 Å². The normalized spacial score (nSPS) is 22.9. The maximum Gasteiger partial charge on any atom is 0.183 e. The molecule has 1 fully saturated rings. The molecule has 23 heavy (non-hydrogen) atoms. The van der Waals surface area contributed by atoms with E-state index in [0.29, 0.717) is 18.8 Å². The molecule has 2 nitrogen and oxygen atoms in total. The Kier molecular flexibility index (Phi) is 8.04. The Labute approximate surface area is 140 Å². The lowest BCUT2D eigenvalue weighted by Gasteiger charge is -2.29. The predicted molar refractivity (Wildman–Crippen MR) is 91.9 cm³/mol. The van der Waals surface area contributed by atoms with Gasteiger partial charge in [-0.25, -0.2) is 4.39 Å². The molecule has 0 aromatic heterocycles. The first-order valence-corrected chi connectivity index (χ1v) is 8.96. The average molecular weight is 321 g/mol. The largest absolute Gasteiger partial charge is 0.348 e. The smallest absolute Gasteiger partial charge is 0.183 e. The molecule has 1 heterocycles. The molecular weight excluding hydrogens is 291 g/mol. The van der Waals surface area contributed by atoms with Crippen molar-refractivity contribution in [2.75, 3.05) is 13.2 Å². The van der Waals surface area contributed by atoms with Gasteiger partial charge >= 0.3 is 0 Å². The second-order valence-electron chi connectivity index (χ2n) is 6.55. The highest BCUT2D eigenvalue weighted by atomic mass is 19.1. The summed E-state index contributed by atoms with van der Waals surface area (Å²) in [6.07, 6.45) is 6.77. The summed E-state index contributed by atoms with van der Waals surface area (Å²) in [5.74, 6) is 0.523. The molecule has 0 saturated carbocycles. The van der Waals surface area contributed by atoms with Crippen molar-refractivity contribution in [3.63, 3.8) is 0 Å². The van der Waals surface area contributed by atoms with Crippen LogP contribution in [0.4, 0.5) is 4.39 Å². The SMILES string of the molecule is C[CH]CC(F)Cc1ccc(C2OCC(CCCCC)CO2)cc1. The quantitative estimate of drug-likeness (QED) is 0.565. The lowest BCUT2D eigenvalue weighted by atomic mass is 10.0. The topological polar surface area (TPSA) is 18.5 Å². The number of unbranched alkanes of at least 4 members (excludes halogenated alkanes) is 2. The van der Waals surface area contributed by atoms with E-state index in [1.165, 1.54) is 25.7 Å². The van der Waals surface area contributed by atoms with Crippen molar-refractivity contribution < 1.29 is 13.9 Å². The number of hydrogen-bond acceptors (Lipinski definition) is 2. The maximum absolute atomic E-state index is 13.6. The number of ether oxygens (including phenoxy) is 2. The van der Waals surface area contributed by atoms with Gasteiger partial charge in [-0.15, -0.1) is 0 Å². The van der Waals surface area contributed by atoms with Crippen molar-refractivity contribution in [3.8, 4) is 0 Å². The van der Waals surface area contributed by atoms with Gasteiger partial charge in [0.2, 0.25) is 0 Å². The summed E-state index contributed by atoms with van der Waals surface area (Å²) in [6.45, 7) is 5.66. The zero-order valence-corrected chi connectivity index (χ0v) is 14.5. The molecule has 2 rings (SSSR count). The first kappa shape index (κ1) is 18.4. The zero-order chi connectivity index (χ0) is 16.5. The predicted octanol–water partition coefficient (Wildman–Crippen LogP) is 5.42. The first-order valence-electron chi connectivity index (χ1n) is 8.96. The summed E-state index contributed by atoms with van der Waals surface area (Å²) in [4.78, 5) is 0. The van der Waals surface area contributed by atoms with Crippen LogP contribution in [0.25, 0.3) is 0 Å². The van der Waals surface area contributed by atoms with Crippen LogP contribution in [-0.2, 0) is 15.9 Å². The fourth-order valence-electron chi connectivity index (χ4n) is 2.99. The van der Waals surface area contributed by atoms with Gasteiger partial charge in [0.25, 0.3) is 0 Å². The van der Waals surface area contributed by atoms with E-state index in [-0.39, 0.29) is 6.29 Å². The van der Waals surface area contributed by atoms with Crippen LogP contribution < -0.4 is 0 Å². The number of alkyl halides is 1. The average Bonchev–Trinajstić information content (AvgIpc) is 2.57. The molecule has 1 unspecified atom stereocenters. The van der Waals surface area contributed by atoms with Crippen LogP contribution in [0, 0.1) is 12.3 Å². The molecule has 1 aromatic carbocycles. The van der Waals surface area contributed by atoms with Crippen molar-refractivity contribution in [2.24, 2.45) is 5.92 Å². The van der Waals surface area contributed by atoms with Gasteiger partial charge in [0, 0.05) is 17.9 Å². The van der Waals surface area contributed by atoms with Crippen LogP contribution in [0.1, 0.15) is 63.4 Å². The number of benzene rings is 1. The Balaban J connectivity index is 1.77. The van der Waals surface area contributed by atoms with Gasteiger partial charge in [0.05, 0.1) is 13.2 Å². The van der Waals surface area contributed by atoms with E-state index >= 15 is 0 Å². The molecule has 129 valence electrons. The van der Waals surface area contributed by atoms with Crippen molar-refractivity contribution in [2.45, 2.75) is 64.8 Å². The third-order valence-corrected chi connectivity index (χ3v) is 4.38. The summed E-state index contributed by atoms with van der Waals surface area (Å²) < 4.78 is 25.4. The Morgan fingerprint density at radius 1 is 1.17 bits per heavy atom. The summed E-state index contributed by atoms with van der Waals surface area (Å²) in [7, 11) is 0. The monoisotopic (exact) mass is 321 g/mol. The minimum absolute atomic E-state index is 0.267. The van der Waals surface area contributed by atoms with Gasteiger partial charge < -0.3 is 9.47 Å². The summed E-state index contributed by atoms with van der Waals surface area (Å²) in [5.41, 5.74) is 2.05. The molecule has 1 atom stereocenters. The van der Waals surface area contributed by atoms with Crippen LogP contribution in [0.15, 0.2) is 24.3 Å². The fraction of sp³-hybridized carbons (Fsp3) is 0.650. The van der Waals surface area contributed by atoms with Crippen molar-refractivity contribution in [1.82, 2.24) is 0 Å². The standard InChI is InChI=1S/C20H30FO2/c1-3-5-6-8-17-14-22-20(23-15-17)18-11-9-16(10-12-18)13-19(21)7-4-2/h4,9-12,17,19-20H,3,5-8,13-15H2,1-2H3. The fourth-order valence-corrected chi connectivity index (χ4v) is 2.99. The number of halogens is 1. The van der Waals surface area contributed by atoms with Gasteiger partial charge in [0.1, 0.15) is 6.17 Å². The van der Waals surface area contributed by atoms with E-state index in [9.17, 15) is 4.39 Å². The molecule has 0 N–H and O–H groups in total. The molecule has 1 radical (unpaired) electrons. The van der Waals surface area contributed by atoms with Crippen LogP contribution in [0.5, 0.6) is 0 Å². The highest BCUT2D eigenvalue weighted by Crippen LogP contribution is 2.27. The molecule has 0 bridgehead atoms. The van der Waals surface area contributed by atoms with E-state index in [0.717, 1.165) is 24.3 Å². The van der Waals surface area contributed by atoms with Gasteiger partial charge in [-0.2, -0.15) is 0 Å². The summed E-state index contributed by atoms with van der Waals surface area (Å²) >= 11 is 0. The summed E-state index contributed by atoms with van der Waals surface area (Å²) in [6, 6.07) is 7.97. The van der Waals surface area contributed by atoms with Crippen LogP contribution in [0.2, 0.25) is 0 Å². The van der Waals surface area contributed by atoms with Gasteiger partial charge in [-0.1, -0.05) is 57.4 Å². The van der Waals surface area contributed by atoms with E-state index < -0.39 is 6.17 Å². The molecule has 3 heteroatoms. The lowest BCUT2D eigenvalue weighted by Crippen LogP contribution is -2.27. The Bertz CT molecular complexity index is 424. The molecule has 1 saturated heterocycles. The number of hydrogen-bond donors (Lipinski definition) is 0. The minimum Gasteiger partial charge on any atom is -0.348 e. The van der Waals surface area contributed by atoms with Crippen LogP contribution in [0.3, 0.4) is 0 Å². The van der Waals surface area contributed by atoms with Crippen LogP contribution >= 0.6 is 0 Å². The first-order chi connectivity index (χ1) is 11.2. The highest BCUT2D eigenvalue weighted by molar-refractivity contribution is 5.24. The molecule has 1 aliphatic rings. The molecule has 1 aliphatic heterocycles. The van der Waals surface area contributed by atoms with E-state index in [4.69, 9.17) is 9.47 Å². The molecule has 0 amide bonds.